The van der Waals surface area contributed by atoms with Gasteiger partial charge in [-0.15, -0.1) is 0 Å². The molecule has 0 spiro atoms. The van der Waals surface area contributed by atoms with Gasteiger partial charge >= 0.3 is 51.4 Å². The Kier molecular flexibility index (Phi) is 57.8. The largest absolute Gasteiger partial charge is 1.00 e. The average Bonchev–Trinajstić information content (AvgIpc) is 1.72. The Labute approximate surface area is 89.5 Å². The maximum Gasteiger partial charge on any atom is 1.00 e. The minimum absolute atomic E-state index is 0. The molecule has 0 saturated carbocycles. The van der Waals surface area contributed by atoms with E-state index < -0.39 is 0 Å². The number of rotatable bonds is 1. The van der Waals surface area contributed by atoms with Gasteiger partial charge in [0.15, 0.2) is 0 Å². The van der Waals surface area contributed by atoms with Crippen LogP contribution in [0.1, 0.15) is 20.3 Å². The van der Waals surface area contributed by atoms with Crippen molar-refractivity contribution in [1.82, 2.24) is 0 Å². The van der Waals surface area contributed by atoms with Gasteiger partial charge in [0.25, 0.3) is 0 Å². The van der Waals surface area contributed by atoms with E-state index in [0.717, 1.165) is 13.0 Å². The van der Waals surface area contributed by atoms with E-state index in [-0.39, 0.29) is 51.4 Å². The molecular weight excluding hydrogens is 113 g/mol. The van der Waals surface area contributed by atoms with Crippen LogP contribution in [0.2, 0.25) is 0 Å². The maximum absolute atomic E-state index is 5.03. The molecule has 2 N–H and O–H groups in total. The summed E-state index contributed by atoms with van der Waals surface area (Å²) >= 11 is 0. The summed E-state index contributed by atoms with van der Waals surface area (Å²) in [5.74, 6) is 0. The van der Waals surface area contributed by atoms with Crippen LogP contribution in [0.25, 0.3) is 0 Å². The van der Waals surface area contributed by atoms with Gasteiger partial charge in [-0.05, 0) is 13.0 Å². The monoisotopic (exact) mass is 127 g/mol. The third kappa shape index (κ3) is 35.3. The van der Waals surface area contributed by atoms with E-state index >= 15 is 0 Å². The Morgan fingerprint density at radius 3 is 1.57 bits per heavy atom. The van der Waals surface area contributed by atoms with Crippen LogP contribution in [0.4, 0.5) is 0 Å². The molecular formula is C5H14KN. The third-order valence-electron chi connectivity index (χ3n) is 0.289. The second-order valence-electron chi connectivity index (χ2n) is 0.789. The molecule has 0 aliphatic heterocycles. The van der Waals surface area contributed by atoms with E-state index in [9.17, 15) is 0 Å². The average molecular weight is 127 g/mol. The molecule has 1 nitrogen and oxygen atoms in total. The van der Waals surface area contributed by atoms with Gasteiger partial charge in [0, 0.05) is 0 Å². The minimum Gasteiger partial charge on any atom is -0.346 e. The number of nitrogens with two attached hydrogens (primary N) is 1. The van der Waals surface area contributed by atoms with Crippen molar-refractivity contribution in [1.29, 1.82) is 0 Å². The van der Waals surface area contributed by atoms with Crippen LogP contribution in [-0.2, 0) is 0 Å². The topological polar surface area (TPSA) is 26.0 Å². The van der Waals surface area contributed by atoms with Crippen LogP contribution >= 0.6 is 0 Å². The first-order chi connectivity index (χ1) is 2.91. The van der Waals surface area contributed by atoms with Crippen molar-refractivity contribution >= 4 is 0 Å². The Morgan fingerprint density at radius 1 is 1.43 bits per heavy atom. The Bertz CT molecular complexity index is 10.0. The molecule has 0 aromatic rings. The number of hydrogen-bond donors (Lipinski definition) is 1. The predicted octanol–water partition coefficient (Wildman–Crippen LogP) is -1.80. The van der Waals surface area contributed by atoms with E-state index in [4.69, 9.17) is 5.73 Å². The summed E-state index contributed by atoms with van der Waals surface area (Å²) < 4.78 is 0. The molecule has 0 unspecified atom stereocenters. The van der Waals surface area contributed by atoms with E-state index in [0.29, 0.717) is 0 Å². The first-order valence-electron chi connectivity index (χ1n) is 2.32. The molecule has 0 amide bonds. The zero-order chi connectivity index (χ0) is 5.41. The zero-order valence-electron chi connectivity index (χ0n) is 5.70. The summed E-state index contributed by atoms with van der Waals surface area (Å²) in [7, 11) is 0. The van der Waals surface area contributed by atoms with Gasteiger partial charge in [-0.2, -0.15) is 6.92 Å². The molecule has 2 heteroatoms. The molecule has 0 heterocycles. The van der Waals surface area contributed by atoms with Crippen molar-refractivity contribution < 1.29 is 51.4 Å². The summed E-state index contributed by atoms with van der Waals surface area (Å²) in [5.41, 5.74) is 5.03. The smallest absolute Gasteiger partial charge is 0.346 e. The first-order valence-corrected chi connectivity index (χ1v) is 2.32. The second-order valence-corrected chi connectivity index (χ2v) is 0.789. The van der Waals surface area contributed by atoms with Gasteiger partial charge in [-0.3, -0.25) is 0 Å². The van der Waals surface area contributed by atoms with Crippen molar-refractivity contribution in [3.05, 3.63) is 6.92 Å². The molecule has 0 aromatic carbocycles. The Hall–Kier alpha value is 1.60. The molecule has 0 aliphatic rings. The summed E-state index contributed by atoms with van der Waals surface area (Å²) in [6, 6.07) is 0. The molecule has 0 saturated heterocycles. The molecule has 0 fully saturated rings. The SMILES string of the molecule is CCCN.[CH2-]C.[K+]. The van der Waals surface area contributed by atoms with Gasteiger partial charge in [-0.25, -0.2) is 0 Å². The molecule has 0 aliphatic carbocycles. The van der Waals surface area contributed by atoms with Crippen molar-refractivity contribution in [3.63, 3.8) is 0 Å². The second kappa shape index (κ2) is 25.6. The fourth-order valence-corrected chi connectivity index (χ4v) is 0. The molecule has 0 aromatic heterocycles. The molecule has 0 atom stereocenters. The van der Waals surface area contributed by atoms with Crippen LogP contribution in [-0.4, -0.2) is 6.54 Å². The van der Waals surface area contributed by atoms with Crippen LogP contribution < -0.4 is 57.1 Å². The standard InChI is InChI=1S/C3H9N.C2H5.K/c1-2-3-4;1-2;/h2-4H2,1H3;1H2,2H3;/q;-1;+1. The number of hydrogen-bond acceptors (Lipinski definition) is 1. The van der Waals surface area contributed by atoms with E-state index in [1.165, 1.54) is 0 Å². The van der Waals surface area contributed by atoms with E-state index in [1.807, 2.05) is 0 Å². The molecule has 0 radical (unpaired) electrons. The van der Waals surface area contributed by atoms with Gasteiger partial charge in [0.05, 0.1) is 0 Å². The van der Waals surface area contributed by atoms with Gasteiger partial charge in [0.1, 0.15) is 0 Å². The van der Waals surface area contributed by atoms with Crippen molar-refractivity contribution in [2.45, 2.75) is 20.3 Å². The summed E-state index contributed by atoms with van der Waals surface area (Å²) in [4.78, 5) is 0. The quantitative estimate of drug-likeness (QED) is 0.326. The van der Waals surface area contributed by atoms with Crippen molar-refractivity contribution in [2.24, 2.45) is 5.73 Å². The predicted molar refractivity (Wildman–Crippen MR) is 30.4 cm³/mol. The summed E-state index contributed by atoms with van der Waals surface area (Å²) in [6.45, 7) is 7.88. The van der Waals surface area contributed by atoms with Crippen molar-refractivity contribution in [3.8, 4) is 0 Å². The van der Waals surface area contributed by atoms with Crippen LogP contribution in [0, 0.1) is 6.92 Å². The zero-order valence-corrected chi connectivity index (χ0v) is 8.82. The van der Waals surface area contributed by atoms with Crippen molar-refractivity contribution in [2.75, 3.05) is 6.54 Å². The summed E-state index contributed by atoms with van der Waals surface area (Å²) in [5, 5.41) is 0. The Morgan fingerprint density at radius 2 is 1.57 bits per heavy atom. The van der Waals surface area contributed by atoms with Gasteiger partial charge < -0.3 is 12.7 Å². The van der Waals surface area contributed by atoms with E-state index in [2.05, 4.69) is 13.8 Å². The summed E-state index contributed by atoms with van der Waals surface area (Å²) in [6.07, 6.45) is 1.10. The van der Waals surface area contributed by atoms with Crippen LogP contribution in [0.3, 0.4) is 0 Å². The third-order valence-corrected chi connectivity index (χ3v) is 0.289. The van der Waals surface area contributed by atoms with Gasteiger partial charge in [0.2, 0.25) is 0 Å². The van der Waals surface area contributed by atoms with Crippen LogP contribution in [0.5, 0.6) is 0 Å². The van der Waals surface area contributed by atoms with Crippen LogP contribution in [0.15, 0.2) is 0 Å². The fourth-order valence-electron chi connectivity index (χ4n) is 0. The fraction of sp³-hybridized carbons (Fsp3) is 0.800. The molecule has 0 bridgehead atoms. The molecule has 7 heavy (non-hydrogen) atoms. The van der Waals surface area contributed by atoms with Gasteiger partial charge in [-0.1, -0.05) is 6.92 Å². The normalized spacial score (nSPS) is 5.14. The van der Waals surface area contributed by atoms with E-state index in [1.54, 1.807) is 6.92 Å². The maximum atomic E-state index is 5.03. The Balaban J connectivity index is -0.0000000480. The molecule has 0 rings (SSSR count). The minimum atomic E-state index is 0. The first kappa shape index (κ1) is 15.8. The molecule has 40 valence electrons.